The lowest BCUT2D eigenvalue weighted by atomic mass is 10.2. The zero-order valence-corrected chi connectivity index (χ0v) is 15.9. The van der Waals surface area contributed by atoms with Gasteiger partial charge in [-0.1, -0.05) is 29.4 Å². The number of H-pyrrole nitrogens is 1. The van der Waals surface area contributed by atoms with Gasteiger partial charge in [0.25, 0.3) is 0 Å². The Labute approximate surface area is 160 Å². The minimum Gasteiger partial charge on any atom is -0.493 e. The van der Waals surface area contributed by atoms with E-state index in [1.165, 1.54) is 11.8 Å². The van der Waals surface area contributed by atoms with Gasteiger partial charge in [0.05, 0.1) is 31.0 Å². The summed E-state index contributed by atoms with van der Waals surface area (Å²) in [6, 6.07) is 11.0. The smallest absolute Gasteiger partial charge is 0.230 e. The lowest BCUT2D eigenvalue weighted by molar-refractivity contribution is -0.118. The van der Waals surface area contributed by atoms with Crippen LogP contribution in [0.15, 0.2) is 41.6 Å². The molecule has 0 unspecified atom stereocenters. The molecule has 0 saturated heterocycles. The number of methoxy groups -OCH3 is 2. The van der Waals surface area contributed by atoms with E-state index >= 15 is 0 Å². The van der Waals surface area contributed by atoms with Crippen LogP contribution < -0.4 is 14.8 Å². The molecule has 0 radical (unpaired) electrons. The SMILES string of the molecule is COc1ccc(CNC(=O)CSc2nc3ccc(Cl)cc3[nH]2)cc1OC. The molecule has 1 amide bonds. The van der Waals surface area contributed by atoms with Crippen molar-refractivity contribution in [3.8, 4) is 11.5 Å². The van der Waals surface area contributed by atoms with Crippen LogP contribution in [-0.2, 0) is 11.3 Å². The molecular formula is C18H18ClN3O3S. The number of fused-ring (bicyclic) bond motifs is 1. The van der Waals surface area contributed by atoms with Crippen molar-refractivity contribution in [2.45, 2.75) is 11.7 Å². The molecule has 3 rings (SSSR count). The number of thioether (sulfide) groups is 1. The summed E-state index contributed by atoms with van der Waals surface area (Å²) >= 11 is 7.30. The monoisotopic (exact) mass is 391 g/mol. The third kappa shape index (κ3) is 4.42. The summed E-state index contributed by atoms with van der Waals surface area (Å²) in [6.07, 6.45) is 0. The number of amides is 1. The third-order valence-corrected chi connectivity index (χ3v) is 4.81. The van der Waals surface area contributed by atoms with Crippen LogP contribution in [0, 0.1) is 0 Å². The summed E-state index contributed by atoms with van der Waals surface area (Å²) in [7, 11) is 3.17. The second-order valence-corrected chi connectivity index (χ2v) is 6.86. The number of aromatic amines is 1. The van der Waals surface area contributed by atoms with Crippen LogP contribution >= 0.6 is 23.4 Å². The number of ether oxygens (including phenoxy) is 2. The van der Waals surface area contributed by atoms with Crippen LogP contribution in [0.5, 0.6) is 11.5 Å². The van der Waals surface area contributed by atoms with Gasteiger partial charge in [0.2, 0.25) is 5.91 Å². The van der Waals surface area contributed by atoms with Crippen LogP contribution in [-0.4, -0.2) is 35.8 Å². The number of hydrogen-bond acceptors (Lipinski definition) is 5. The molecule has 1 heterocycles. The molecule has 136 valence electrons. The zero-order valence-electron chi connectivity index (χ0n) is 14.3. The Kier molecular flexibility index (Phi) is 5.90. The molecule has 2 N–H and O–H groups in total. The molecule has 0 fully saturated rings. The van der Waals surface area contributed by atoms with Crippen LogP contribution in [0.4, 0.5) is 0 Å². The first-order valence-corrected chi connectivity index (χ1v) is 9.21. The van der Waals surface area contributed by atoms with E-state index in [2.05, 4.69) is 15.3 Å². The van der Waals surface area contributed by atoms with Gasteiger partial charge < -0.3 is 19.8 Å². The van der Waals surface area contributed by atoms with Gasteiger partial charge in [-0.2, -0.15) is 0 Å². The van der Waals surface area contributed by atoms with Crippen molar-refractivity contribution >= 4 is 40.3 Å². The Bertz CT molecular complexity index is 929. The predicted octanol–water partition coefficient (Wildman–Crippen LogP) is 3.64. The Hall–Kier alpha value is -2.38. The van der Waals surface area contributed by atoms with Crippen molar-refractivity contribution in [2.24, 2.45) is 0 Å². The first-order valence-electron chi connectivity index (χ1n) is 7.84. The fourth-order valence-electron chi connectivity index (χ4n) is 2.40. The Morgan fingerprint density at radius 3 is 2.77 bits per heavy atom. The number of carbonyl (C=O) groups is 1. The van der Waals surface area contributed by atoms with Crippen LogP contribution in [0.25, 0.3) is 11.0 Å². The number of rotatable bonds is 7. The normalized spacial score (nSPS) is 10.7. The first-order chi connectivity index (χ1) is 12.6. The third-order valence-electron chi connectivity index (χ3n) is 3.70. The van der Waals surface area contributed by atoms with Gasteiger partial charge in [-0.05, 0) is 35.9 Å². The summed E-state index contributed by atoms with van der Waals surface area (Å²) in [5, 5.41) is 4.21. The van der Waals surface area contributed by atoms with Gasteiger partial charge in [-0.15, -0.1) is 0 Å². The number of carbonyl (C=O) groups excluding carboxylic acids is 1. The molecule has 8 heteroatoms. The molecule has 0 bridgehead atoms. The average Bonchev–Trinajstić information content (AvgIpc) is 3.06. The van der Waals surface area contributed by atoms with E-state index in [9.17, 15) is 4.79 Å². The van der Waals surface area contributed by atoms with E-state index in [1.54, 1.807) is 20.3 Å². The Morgan fingerprint density at radius 2 is 2.00 bits per heavy atom. The molecule has 26 heavy (non-hydrogen) atoms. The largest absolute Gasteiger partial charge is 0.493 e. The van der Waals surface area contributed by atoms with Crippen LogP contribution in [0.1, 0.15) is 5.56 Å². The molecule has 6 nitrogen and oxygen atoms in total. The second-order valence-electron chi connectivity index (χ2n) is 5.46. The molecule has 0 saturated carbocycles. The highest BCUT2D eigenvalue weighted by molar-refractivity contribution is 7.99. The lowest BCUT2D eigenvalue weighted by Gasteiger charge is -2.10. The molecule has 1 aromatic heterocycles. The van der Waals surface area contributed by atoms with Crippen molar-refractivity contribution < 1.29 is 14.3 Å². The van der Waals surface area contributed by atoms with Crippen molar-refractivity contribution in [3.05, 3.63) is 47.0 Å². The van der Waals surface area contributed by atoms with Gasteiger partial charge in [0, 0.05) is 11.6 Å². The number of hydrogen-bond donors (Lipinski definition) is 2. The van der Waals surface area contributed by atoms with Crippen molar-refractivity contribution in [2.75, 3.05) is 20.0 Å². The number of benzene rings is 2. The maximum atomic E-state index is 12.1. The van der Waals surface area contributed by atoms with Gasteiger partial charge in [-0.25, -0.2) is 4.98 Å². The molecular weight excluding hydrogens is 374 g/mol. The highest BCUT2D eigenvalue weighted by atomic mass is 35.5. The molecule has 0 aliphatic heterocycles. The van der Waals surface area contributed by atoms with E-state index in [4.69, 9.17) is 21.1 Å². The van der Waals surface area contributed by atoms with Crippen molar-refractivity contribution in [1.82, 2.24) is 15.3 Å². The Morgan fingerprint density at radius 1 is 1.19 bits per heavy atom. The average molecular weight is 392 g/mol. The molecule has 0 aliphatic carbocycles. The highest BCUT2D eigenvalue weighted by Gasteiger charge is 2.09. The number of imidazole rings is 1. The summed E-state index contributed by atoms with van der Waals surface area (Å²) in [6.45, 7) is 0.412. The molecule has 3 aromatic rings. The summed E-state index contributed by atoms with van der Waals surface area (Å²) in [4.78, 5) is 19.7. The summed E-state index contributed by atoms with van der Waals surface area (Å²) in [5.74, 6) is 1.47. The molecule has 0 spiro atoms. The summed E-state index contributed by atoms with van der Waals surface area (Å²) in [5.41, 5.74) is 2.60. The predicted molar refractivity (Wildman–Crippen MR) is 103 cm³/mol. The first kappa shape index (κ1) is 18.4. The van der Waals surface area contributed by atoms with Crippen molar-refractivity contribution in [1.29, 1.82) is 0 Å². The summed E-state index contributed by atoms with van der Waals surface area (Å²) < 4.78 is 10.5. The molecule has 0 aliphatic rings. The van der Waals surface area contributed by atoms with Gasteiger partial charge in [-0.3, -0.25) is 4.79 Å². The van der Waals surface area contributed by atoms with E-state index in [1.807, 2.05) is 30.3 Å². The second kappa shape index (κ2) is 8.33. The van der Waals surface area contributed by atoms with Crippen LogP contribution in [0.3, 0.4) is 0 Å². The number of nitrogens with one attached hydrogen (secondary N) is 2. The number of aromatic nitrogens is 2. The standard InChI is InChI=1S/C18H18ClN3O3S/c1-24-15-6-3-11(7-16(15)25-2)9-20-17(23)10-26-18-21-13-5-4-12(19)8-14(13)22-18/h3-8H,9-10H2,1-2H3,(H,20,23)(H,21,22). The highest BCUT2D eigenvalue weighted by Crippen LogP contribution is 2.27. The fraction of sp³-hybridized carbons (Fsp3) is 0.222. The van der Waals surface area contributed by atoms with Crippen molar-refractivity contribution in [3.63, 3.8) is 0 Å². The van der Waals surface area contributed by atoms with Gasteiger partial charge >= 0.3 is 0 Å². The van der Waals surface area contributed by atoms with E-state index in [0.717, 1.165) is 16.6 Å². The van der Waals surface area contributed by atoms with E-state index in [-0.39, 0.29) is 11.7 Å². The lowest BCUT2D eigenvalue weighted by Crippen LogP contribution is -2.24. The maximum Gasteiger partial charge on any atom is 0.230 e. The topological polar surface area (TPSA) is 76.2 Å². The number of halogens is 1. The van der Waals surface area contributed by atoms with Gasteiger partial charge in [0.15, 0.2) is 16.7 Å². The molecule has 0 atom stereocenters. The Balaban J connectivity index is 1.53. The maximum absolute atomic E-state index is 12.1. The minimum absolute atomic E-state index is 0.0803. The van der Waals surface area contributed by atoms with E-state index < -0.39 is 0 Å². The van der Waals surface area contributed by atoms with Gasteiger partial charge in [0.1, 0.15) is 0 Å². The number of nitrogens with zero attached hydrogens (tertiary/aromatic N) is 1. The molecule has 2 aromatic carbocycles. The fourth-order valence-corrected chi connectivity index (χ4v) is 3.29. The zero-order chi connectivity index (χ0) is 18.5. The van der Waals surface area contributed by atoms with Crippen LogP contribution in [0.2, 0.25) is 5.02 Å². The van der Waals surface area contributed by atoms with E-state index in [0.29, 0.717) is 28.2 Å². The minimum atomic E-state index is -0.0803. The quantitative estimate of drug-likeness (QED) is 0.601.